The monoisotopic (exact) mass is 268 g/mol. The van der Waals surface area contributed by atoms with Gasteiger partial charge in [-0.15, -0.1) is 0 Å². The Hall–Kier alpha value is -0.870. The number of aryl methyl sites for hydroxylation is 1. The Labute approximate surface area is 97.0 Å². The molecule has 2 heterocycles. The average Bonchev–Trinajstić information content (AvgIpc) is 2.61. The minimum Gasteiger partial charge on any atom is -0.385 e. The lowest BCUT2D eigenvalue weighted by molar-refractivity contribution is 0.195. The number of ether oxygens (including phenoxy) is 1. The highest BCUT2D eigenvalue weighted by Gasteiger charge is 2.04. The van der Waals surface area contributed by atoms with Crippen LogP contribution in [0, 0.1) is 0 Å². The van der Waals surface area contributed by atoms with Gasteiger partial charge in [0.1, 0.15) is 4.60 Å². The van der Waals surface area contributed by atoms with Crippen LogP contribution in [0.1, 0.15) is 12.0 Å². The SMILES string of the molecule is COCCCc1c[nH]c2cc(Br)ncc12. The van der Waals surface area contributed by atoms with Gasteiger partial charge in [-0.1, -0.05) is 0 Å². The highest BCUT2D eigenvalue weighted by molar-refractivity contribution is 9.10. The number of fused-ring (bicyclic) bond motifs is 1. The number of rotatable bonds is 4. The first kappa shape index (κ1) is 10.6. The third-order valence-corrected chi connectivity index (χ3v) is 2.85. The molecule has 2 rings (SSSR count). The molecule has 2 aromatic rings. The average molecular weight is 269 g/mol. The Kier molecular flexibility index (Phi) is 3.38. The number of halogens is 1. The van der Waals surface area contributed by atoms with Crippen molar-refractivity contribution in [3.8, 4) is 0 Å². The molecule has 2 aromatic heterocycles. The van der Waals surface area contributed by atoms with Crippen LogP contribution < -0.4 is 0 Å². The molecule has 0 aromatic carbocycles. The van der Waals surface area contributed by atoms with E-state index in [9.17, 15) is 0 Å². The fourth-order valence-corrected chi connectivity index (χ4v) is 1.99. The van der Waals surface area contributed by atoms with Crippen LogP contribution in [0.2, 0.25) is 0 Å². The molecule has 0 atom stereocenters. The van der Waals surface area contributed by atoms with E-state index in [-0.39, 0.29) is 0 Å². The van der Waals surface area contributed by atoms with Crippen molar-refractivity contribution < 1.29 is 4.74 Å². The van der Waals surface area contributed by atoms with E-state index in [1.54, 1.807) is 7.11 Å². The second kappa shape index (κ2) is 4.77. The first-order chi connectivity index (χ1) is 7.31. The maximum Gasteiger partial charge on any atom is 0.108 e. The van der Waals surface area contributed by atoms with Gasteiger partial charge in [0.05, 0.1) is 0 Å². The van der Waals surface area contributed by atoms with Gasteiger partial charge >= 0.3 is 0 Å². The van der Waals surface area contributed by atoms with Crippen molar-refractivity contribution in [3.63, 3.8) is 0 Å². The molecule has 0 aliphatic heterocycles. The summed E-state index contributed by atoms with van der Waals surface area (Å²) in [6.45, 7) is 0.802. The zero-order chi connectivity index (χ0) is 10.7. The number of H-pyrrole nitrogens is 1. The summed E-state index contributed by atoms with van der Waals surface area (Å²) in [5.74, 6) is 0. The molecule has 1 N–H and O–H groups in total. The maximum atomic E-state index is 5.04. The lowest BCUT2D eigenvalue weighted by Crippen LogP contribution is -1.91. The molecule has 0 aliphatic carbocycles. The zero-order valence-corrected chi connectivity index (χ0v) is 10.2. The summed E-state index contributed by atoms with van der Waals surface area (Å²) in [4.78, 5) is 7.48. The Morgan fingerprint density at radius 2 is 2.40 bits per heavy atom. The first-order valence-corrected chi connectivity index (χ1v) is 5.71. The van der Waals surface area contributed by atoms with Crippen molar-refractivity contribution in [2.45, 2.75) is 12.8 Å². The van der Waals surface area contributed by atoms with Crippen LogP contribution in [0.25, 0.3) is 10.9 Å². The number of pyridine rings is 1. The van der Waals surface area contributed by atoms with Gasteiger partial charge in [0.2, 0.25) is 0 Å². The van der Waals surface area contributed by atoms with Gasteiger partial charge in [0, 0.05) is 37.0 Å². The summed E-state index contributed by atoms with van der Waals surface area (Å²) in [6.07, 6.45) is 6.02. The molecule has 0 spiro atoms. The molecular formula is C11H13BrN2O. The molecule has 0 saturated carbocycles. The highest BCUT2D eigenvalue weighted by atomic mass is 79.9. The Balaban J connectivity index is 2.21. The first-order valence-electron chi connectivity index (χ1n) is 4.91. The molecule has 15 heavy (non-hydrogen) atoms. The van der Waals surface area contributed by atoms with Crippen molar-refractivity contribution in [2.24, 2.45) is 0 Å². The van der Waals surface area contributed by atoms with E-state index in [1.165, 1.54) is 10.9 Å². The minimum atomic E-state index is 0.802. The van der Waals surface area contributed by atoms with E-state index in [0.29, 0.717) is 0 Å². The van der Waals surface area contributed by atoms with Gasteiger partial charge in [0.15, 0.2) is 0 Å². The van der Waals surface area contributed by atoms with Crippen molar-refractivity contribution in [1.82, 2.24) is 9.97 Å². The van der Waals surface area contributed by atoms with Gasteiger partial charge in [-0.2, -0.15) is 0 Å². The van der Waals surface area contributed by atoms with Gasteiger partial charge in [-0.25, -0.2) is 4.98 Å². The summed E-state index contributed by atoms with van der Waals surface area (Å²) in [5.41, 5.74) is 2.44. The predicted octanol–water partition coefficient (Wildman–Crippen LogP) is 2.90. The van der Waals surface area contributed by atoms with Crippen molar-refractivity contribution in [3.05, 3.63) is 28.6 Å². The van der Waals surface area contributed by atoms with Gasteiger partial charge in [-0.3, -0.25) is 0 Å². The number of methoxy groups -OCH3 is 1. The summed E-state index contributed by atoms with van der Waals surface area (Å²) in [5, 5.41) is 1.20. The largest absolute Gasteiger partial charge is 0.385 e. The standard InChI is InChI=1S/C11H13BrN2O/c1-15-4-2-3-8-6-13-10-5-11(12)14-7-9(8)10/h5-7,13H,2-4H2,1H3. The van der Waals surface area contributed by atoms with E-state index in [2.05, 4.69) is 32.1 Å². The number of aromatic amines is 1. The summed E-state index contributed by atoms with van der Waals surface area (Å²) in [7, 11) is 1.73. The predicted molar refractivity (Wildman–Crippen MR) is 64.0 cm³/mol. The normalized spacial score (nSPS) is 11.1. The molecule has 0 saturated heterocycles. The maximum absolute atomic E-state index is 5.04. The van der Waals surface area contributed by atoms with Crippen LogP contribution >= 0.6 is 15.9 Å². The Morgan fingerprint density at radius 3 is 3.20 bits per heavy atom. The Morgan fingerprint density at radius 1 is 1.53 bits per heavy atom. The molecule has 0 unspecified atom stereocenters. The van der Waals surface area contributed by atoms with Gasteiger partial charge in [-0.05, 0) is 40.4 Å². The second-order valence-electron chi connectivity index (χ2n) is 3.46. The summed E-state index contributed by atoms with van der Waals surface area (Å²) < 4.78 is 5.90. The van der Waals surface area contributed by atoms with E-state index in [1.807, 2.05) is 12.3 Å². The van der Waals surface area contributed by atoms with Crippen molar-refractivity contribution in [1.29, 1.82) is 0 Å². The van der Waals surface area contributed by atoms with Gasteiger partial charge < -0.3 is 9.72 Å². The van der Waals surface area contributed by atoms with E-state index in [4.69, 9.17) is 4.74 Å². The van der Waals surface area contributed by atoms with Crippen LogP contribution in [-0.2, 0) is 11.2 Å². The van der Waals surface area contributed by atoms with E-state index in [0.717, 1.165) is 29.6 Å². The molecule has 0 fully saturated rings. The van der Waals surface area contributed by atoms with Crippen LogP contribution in [0.15, 0.2) is 23.1 Å². The fraction of sp³-hybridized carbons (Fsp3) is 0.364. The van der Waals surface area contributed by atoms with Gasteiger partial charge in [0.25, 0.3) is 0 Å². The van der Waals surface area contributed by atoms with Crippen LogP contribution in [0.3, 0.4) is 0 Å². The fourth-order valence-electron chi connectivity index (χ4n) is 1.66. The lowest BCUT2D eigenvalue weighted by Gasteiger charge is -1.98. The molecule has 0 bridgehead atoms. The third-order valence-electron chi connectivity index (χ3n) is 2.41. The Bertz CT molecular complexity index is 453. The smallest absolute Gasteiger partial charge is 0.108 e. The number of hydrogen-bond acceptors (Lipinski definition) is 2. The minimum absolute atomic E-state index is 0.802. The number of nitrogens with zero attached hydrogens (tertiary/aromatic N) is 1. The van der Waals surface area contributed by atoms with Crippen LogP contribution in [0.4, 0.5) is 0 Å². The van der Waals surface area contributed by atoms with E-state index >= 15 is 0 Å². The third kappa shape index (κ3) is 2.38. The zero-order valence-electron chi connectivity index (χ0n) is 8.59. The number of nitrogens with one attached hydrogen (secondary N) is 1. The molecule has 4 heteroatoms. The lowest BCUT2D eigenvalue weighted by atomic mass is 10.1. The summed E-state index contributed by atoms with van der Waals surface area (Å²) >= 11 is 3.35. The molecule has 0 amide bonds. The quantitative estimate of drug-likeness (QED) is 0.684. The molecule has 3 nitrogen and oxygen atoms in total. The van der Waals surface area contributed by atoms with Crippen LogP contribution in [0.5, 0.6) is 0 Å². The molecule has 80 valence electrons. The second-order valence-corrected chi connectivity index (χ2v) is 4.28. The molecular weight excluding hydrogens is 256 g/mol. The summed E-state index contributed by atoms with van der Waals surface area (Å²) in [6, 6.07) is 2.00. The van der Waals surface area contributed by atoms with Crippen molar-refractivity contribution >= 4 is 26.8 Å². The molecule has 0 radical (unpaired) electrons. The van der Waals surface area contributed by atoms with Crippen molar-refractivity contribution in [2.75, 3.05) is 13.7 Å². The van der Waals surface area contributed by atoms with E-state index < -0.39 is 0 Å². The number of aromatic nitrogens is 2. The molecule has 0 aliphatic rings. The number of hydrogen-bond donors (Lipinski definition) is 1. The topological polar surface area (TPSA) is 37.9 Å². The highest BCUT2D eigenvalue weighted by Crippen LogP contribution is 2.21. The van der Waals surface area contributed by atoms with Crippen LogP contribution in [-0.4, -0.2) is 23.7 Å².